The van der Waals surface area contributed by atoms with Crippen LogP contribution in [0.25, 0.3) is 11.1 Å². The van der Waals surface area contributed by atoms with Crippen molar-refractivity contribution in [2.45, 2.75) is 31.5 Å². The number of amides is 1. The van der Waals surface area contributed by atoms with E-state index in [4.69, 9.17) is 4.42 Å². The summed E-state index contributed by atoms with van der Waals surface area (Å²) >= 11 is 0. The summed E-state index contributed by atoms with van der Waals surface area (Å²) in [5, 5.41) is 17.5. The van der Waals surface area contributed by atoms with E-state index in [2.05, 4.69) is 15.4 Å². The van der Waals surface area contributed by atoms with E-state index in [9.17, 15) is 9.90 Å². The Labute approximate surface area is 150 Å². The Morgan fingerprint density at radius 3 is 3.04 bits per heavy atom. The molecule has 4 rings (SSSR count). The Kier molecular flexibility index (Phi) is 4.53. The molecule has 1 unspecified atom stereocenters. The molecule has 0 radical (unpaired) electrons. The van der Waals surface area contributed by atoms with Crippen LogP contribution in [0.15, 0.2) is 59.9 Å². The molecule has 1 aliphatic rings. The fraction of sp³-hybridized carbons (Fsp3) is 0.316. The summed E-state index contributed by atoms with van der Waals surface area (Å²) in [7, 11) is 0. The van der Waals surface area contributed by atoms with Crippen LogP contribution >= 0.6 is 0 Å². The molecule has 3 aromatic heterocycles. The first kappa shape index (κ1) is 16.5. The highest BCUT2D eigenvalue weighted by molar-refractivity contribution is 5.95. The number of aliphatic hydroxyl groups excluding tert-OH is 1. The molecule has 26 heavy (non-hydrogen) atoms. The second-order valence-electron chi connectivity index (χ2n) is 6.69. The molecular formula is C19H20N4O3. The van der Waals surface area contributed by atoms with Crippen molar-refractivity contribution < 1.29 is 14.3 Å². The number of aromatic nitrogens is 3. The zero-order valence-corrected chi connectivity index (χ0v) is 14.2. The van der Waals surface area contributed by atoms with E-state index >= 15 is 0 Å². The van der Waals surface area contributed by atoms with Crippen LogP contribution < -0.4 is 5.32 Å². The largest absolute Gasteiger partial charge is 0.472 e. The number of furan rings is 1. The van der Waals surface area contributed by atoms with Gasteiger partial charge in [-0.25, -0.2) is 0 Å². The van der Waals surface area contributed by atoms with Gasteiger partial charge < -0.3 is 14.8 Å². The standard InChI is InChI=1S/C19H20N4O3/c24-18-7-13(11-23-4-1-3-21-23)6-17(18)22-19(25)16-8-15(9-20-10-16)14-2-5-26-12-14/h1-5,8-10,12-13,17-18,24H,6-7,11H2,(H,22,25)/t13?,17-,18-/m1/s1. The number of carbonyl (C=O) groups is 1. The van der Waals surface area contributed by atoms with Gasteiger partial charge in [0.25, 0.3) is 5.91 Å². The van der Waals surface area contributed by atoms with Gasteiger partial charge in [-0.3, -0.25) is 14.5 Å². The summed E-state index contributed by atoms with van der Waals surface area (Å²) in [4.78, 5) is 16.7. The monoisotopic (exact) mass is 352 g/mol. The molecule has 0 aromatic carbocycles. The highest BCUT2D eigenvalue weighted by Gasteiger charge is 2.34. The predicted molar refractivity (Wildman–Crippen MR) is 94.2 cm³/mol. The molecule has 7 heteroatoms. The zero-order valence-electron chi connectivity index (χ0n) is 14.2. The van der Waals surface area contributed by atoms with E-state index in [0.717, 1.165) is 24.1 Å². The van der Waals surface area contributed by atoms with Crippen LogP contribution in [0.1, 0.15) is 23.2 Å². The van der Waals surface area contributed by atoms with Crippen LogP contribution in [0.2, 0.25) is 0 Å². The molecule has 2 N–H and O–H groups in total. The minimum absolute atomic E-state index is 0.230. The number of rotatable bonds is 5. The Morgan fingerprint density at radius 2 is 2.27 bits per heavy atom. The van der Waals surface area contributed by atoms with Crippen LogP contribution in [0.3, 0.4) is 0 Å². The fourth-order valence-electron chi connectivity index (χ4n) is 3.50. The van der Waals surface area contributed by atoms with Gasteiger partial charge >= 0.3 is 0 Å². The molecule has 1 amide bonds. The molecule has 3 aromatic rings. The third kappa shape index (κ3) is 3.52. The van der Waals surface area contributed by atoms with Crippen molar-refractivity contribution in [3.8, 4) is 11.1 Å². The molecule has 0 aliphatic heterocycles. The van der Waals surface area contributed by atoms with Crippen molar-refractivity contribution in [1.82, 2.24) is 20.1 Å². The van der Waals surface area contributed by atoms with E-state index < -0.39 is 6.10 Å². The summed E-state index contributed by atoms with van der Waals surface area (Å²) < 4.78 is 6.94. The molecule has 0 spiro atoms. The number of hydrogen-bond acceptors (Lipinski definition) is 5. The van der Waals surface area contributed by atoms with Gasteiger partial charge in [-0.15, -0.1) is 0 Å². The maximum absolute atomic E-state index is 12.6. The SMILES string of the molecule is O=C(N[C@@H]1CC(Cn2cccn2)C[C@H]1O)c1cncc(-c2ccoc2)c1. The lowest BCUT2D eigenvalue weighted by molar-refractivity contribution is 0.0872. The maximum atomic E-state index is 12.6. The quantitative estimate of drug-likeness (QED) is 0.733. The van der Waals surface area contributed by atoms with Gasteiger partial charge in [-0.1, -0.05) is 0 Å². The molecule has 3 heterocycles. The fourth-order valence-corrected chi connectivity index (χ4v) is 3.50. The van der Waals surface area contributed by atoms with Crippen LogP contribution in [0.4, 0.5) is 0 Å². The average Bonchev–Trinajstić information content (AvgIpc) is 3.39. The van der Waals surface area contributed by atoms with Crippen molar-refractivity contribution in [2.24, 2.45) is 5.92 Å². The summed E-state index contributed by atoms with van der Waals surface area (Å²) in [6.45, 7) is 0.744. The number of nitrogens with zero attached hydrogens (tertiary/aromatic N) is 3. The van der Waals surface area contributed by atoms with Crippen LogP contribution in [0, 0.1) is 5.92 Å². The van der Waals surface area contributed by atoms with Gasteiger partial charge in [-0.05, 0) is 37.0 Å². The van der Waals surface area contributed by atoms with Crippen LogP contribution in [-0.4, -0.2) is 37.9 Å². The van der Waals surface area contributed by atoms with Gasteiger partial charge in [0, 0.05) is 42.5 Å². The van der Waals surface area contributed by atoms with Gasteiger partial charge in [0.05, 0.1) is 30.2 Å². The van der Waals surface area contributed by atoms with Gasteiger partial charge in [0.1, 0.15) is 0 Å². The minimum atomic E-state index is -0.551. The molecule has 3 atom stereocenters. The molecule has 0 bridgehead atoms. The van der Waals surface area contributed by atoms with Gasteiger partial charge in [-0.2, -0.15) is 5.10 Å². The average molecular weight is 352 g/mol. The van der Waals surface area contributed by atoms with Crippen molar-refractivity contribution in [1.29, 1.82) is 0 Å². The smallest absolute Gasteiger partial charge is 0.253 e. The first-order valence-electron chi connectivity index (χ1n) is 8.63. The number of pyridine rings is 1. The maximum Gasteiger partial charge on any atom is 0.253 e. The Morgan fingerprint density at radius 1 is 1.35 bits per heavy atom. The molecule has 0 saturated heterocycles. The van der Waals surface area contributed by atoms with Gasteiger partial charge in [0.2, 0.25) is 0 Å². The summed E-state index contributed by atoms with van der Waals surface area (Å²) in [6.07, 6.45) is 10.9. The molecule has 1 fully saturated rings. The third-order valence-electron chi connectivity index (χ3n) is 4.80. The van der Waals surface area contributed by atoms with Crippen molar-refractivity contribution >= 4 is 5.91 Å². The Balaban J connectivity index is 1.41. The van der Waals surface area contributed by atoms with E-state index in [1.54, 1.807) is 31.0 Å². The number of carbonyl (C=O) groups excluding carboxylic acids is 1. The summed E-state index contributed by atoms with van der Waals surface area (Å²) in [6, 6.07) is 5.21. The van der Waals surface area contributed by atoms with Crippen LogP contribution in [-0.2, 0) is 6.54 Å². The first-order chi connectivity index (χ1) is 12.7. The highest BCUT2D eigenvalue weighted by Crippen LogP contribution is 2.28. The van der Waals surface area contributed by atoms with Crippen molar-refractivity contribution in [2.75, 3.05) is 0 Å². The van der Waals surface area contributed by atoms with E-state index in [-0.39, 0.29) is 17.9 Å². The van der Waals surface area contributed by atoms with Crippen molar-refractivity contribution in [3.05, 3.63) is 61.1 Å². The van der Waals surface area contributed by atoms with Crippen LogP contribution in [0.5, 0.6) is 0 Å². The first-order valence-corrected chi connectivity index (χ1v) is 8.63. The molecule has 7 nitrogen and oxygen atoms in total. The molecule has 1 saturated carbocycles. The number of aliphatic hydroxyl groups is 1. The third-order valence-corrected chi connectivity index (χ3v) is 4.80. The zero-order chi connectivity index (χ0) is 17.9. The topological polar surface area (TPSA) is 93.2 Å². The summed E-state index contributed by atoms with van der Waals surface area (Å²) in [5.41, 5.74) is 2.15. The Hall–Kier alpha value is -2.93. The highest BCUT2D eigenvalue weighted by atomic mass is 16.3. The summed E-state index contributed by atoms with van der Waals surface area (Å²) in [5.74, 6) is 0.0530. The Bertz CT molecular complexity index is 861. The molecule has 1 aliphatic carbocycles. The number of nitrogens with one attached hydrogen (secondary N) is 1. The normalized spacial score (nSPS) is 22.4. The molecular weight excluding hydrogens is 332 g/mol. The van der Waals surface area contributed by atoms with Crippen molar-refractivity contribution in [3.63, 3.8) is 0 Å². The lowest BCUT2D eigenvalue weighted by Gasteiger charge is -2.16. The molecule has 134 valence electrons. The second kappa shape index (κ2) is 7.13. The van der Waals surface area contributed by atoms with E-state index in [1.807, 2.05) is 23.0 Å². The van der Waals surface area contributed by atoms with E-state index in [1.165, 1.54) is 6.20 Å². The second-order valence-corrected chi connectivity index (χ2v) is 6.69. The van der Waals surface area contributed by atoms with E-state index in [0.29, 0.717) is 12.0 Å². The van der Waals surface area contributed by atoms with Gasteiger partial charge in [0.15, 0.2) is 0 Å². The predicted octanol–water partition coefficient (Wildman–Crippen LogP) is 2.11. The minimum Gasteiger partial charge on any atom is -0.472 e. The lowest BCUT2D eigenvalue weighted by Crippen LogP contribution is -2.40. The lowest BCUT2D eigenvalue weighted by atomic mass is 10.1. The number of hydrogen-bond donors (Lipinski definition) is 2.